The highest BCUT2D eigenvalue weighted by molar-refractivity contribution is 5.96. The van der Waals surface area contributed by atoms with Gasteiger partial charge in [-0.05, 0) is 24.3 Å². The van der Waals surface area contributed by atoms with Crippen LogP contribution in [0.1, 0.15) is 10.4 Å². The molecule has 2 aromatic rings. The van der Waals surface area contributed by atoms with E-state index in [9.17, 15) is 14.3 Å². The Balaban J connectivity index is 1.90. The Kier molecular flexibility index (Phi) is 4.77. The van der Waals surface area contributed by atoms with Gasteiger partial charge in [0.15, 0.2) is 11.6 Å². The van der Waals surface area contributed by atoms with Crippen molar-refractivity contribution in [3.05, 3.63) is 59.9 Å². The Morgan fingerprint density at radius 2 is 1.86 bits per heavy atom. The van der Waals surface area contributed by atoms with Crippen molar-refractivity contribution in [1.82, 2.24) is 4.90 Å². The van der Waals surface area contributed by atoms with E-state index in [1.54, 1.807) is 37.4 Å². The molecule has 0 atom stereocenters. The van der Waals surface area contributed by atoms with Crippen molar-refractivity contribution in [2.45, 2.75) is 0 Å². The maximum absolute atomic E-state index is 13.4. The van der Waals surface area contributed by atoms with Crippen LogP contribution in [0, 0.1) is 5.82 Å². The van der Waals surface area contributed by atoms with Gasteiger partial charge in [-0.2, -0.15) is 0 Å². The summed E-state index contributed by atoms with van der Waals surface area (Å²) in [5.74, 6) is -0.664. The van der Waals surface area contributed by atoms with Crippen molar-refractivity contribution in [3.8, 4) is 11.5 Å². The molecule has 0 aliphatic heterocycles. The Labute approximate surface area is 122 Å². The lowest BCUT2D eigenvalue weighted by Crippen LogP contribution is -2.31. The topological polar surface area (TPSA) is 49.8 Å². The van der Waals surface area contributed by atoms with E-state index in [1.165, 1.54) is 23.1 Å². The first kappa shape index (κ1) is 14.8. The Bertz CT molecular complexity index is 630. The van der Waals surface area contributed by atoms with E-state index in [0.29, 0.717) is 0 Å². The number of para-hydroxylation sites is 2. The summed E-state index contributed by atoms with van der Waals surface area (Å²) in [7, 11) is 1.60. The van der Waals surface area contributed by atoms with Crippen LogP contribution in [-0.2, 0) is 0 Å². The fourth-order valence-corrected chi connectivity index (χ4v) is 1.82. The van der Waals surface area contributed by atoms with Gasteiger partial charge in [0.05, 0.1) is 12.1 Å². The molecule has 0 saturated heterocycles. The van der Waals surface area contributed by atoms with Crippen molar-refractivity contribution in [2.24, 2.45) is 0 Å². The number of nitrogens with zero attached hydrogens (tertiary/aromatic N) is 1. The highest BCUT2D eigenvalue weighted by atomic mass is 19.1. The molecule has 0 aromatic heterocycles. The minimum Gasteiger partial charge on any atom is -0.507 e. The van der Waals surface area contributed by atoms with Crippen molar-refractivity contribution in [2.75, 3.05) is 20.2 Å². The van der Waals surface area contributed by atoms with E-state index in [-0.39, 0.29) is 36.1 Å². The molecule has 0 spiro atoms. The number of carbonyl (C=O) groups excluding carboxylic acids is 1. The van der Waals surface area contributed by atoms with Gasteiger partial charge in [-0.1, -0.05) is 24.3 Å². The minimum atomic E-state index is -0.438. The number of ether oxygens (including phenoxy) is 1. The van der Waals surface area contributed by atoms with E-state index >= 15 is 0 Å². The summed E-state index contributed by atoms with van der Waals surface area (Å²) < 4.78 is 18.6. The lowest BCUT2D eigenvalue weighted by atomic mass is 10.2. The zero-order valence-electron chi connectivity index (χ0n) is 11.6. The minimum absolute atomic E-state index is 0.0654. The van der Waals surface area contributed by atoms with Gasteiger partial charge in [-0.15, -0.1) is 0 Å². The molecule has 0 aliphatic carbocycles. The van der Waals surface area contributed by atoms with Crippen molar-refractivity contribution < 1.29 is 19.0 Å². The predicted octanol–water partition coefficient (Wildman–Crippen LogP) is 2.68. The second kappa shape index (κ2) is 6.74. The summed E-state index contributed by atoms with van der Waals surface area (Å²) >= 11 is 0. The van der Waals surface area contributed by atoms with Gasteiger partial charge in [0.2, 0.25) is 0 Å². The average Bonchev–Trinajstić information content (AvgIpc) is 2.49. The Hall–Kier alpha value is -2.56. The summed E-state index contributed by atoms with van der Waals surface area (Å²) in [6, 6.07) is 12.4. The van der Waals surface area contributed by atoms with Crippen LogP contribution in [0.15, 0.2) is 48.5 Å². The molecule has 0 fully saturated rings. The molecular weight excluding hydrogens is 273 g/mol. The van der Waals surface area contributed by atoms with Gasteiger partial charge < -0.3 is 14.7 Å². The molecule has 2 aromatic carbocycles. The molecule has 2 rings (SSSR count). The fourth-order valence-electron chi connectivity index (χ4n) is 1.82. The molecule has 21 heavy (non-hydrogen) atoms. The normalized spacial score (nSPS) is 10.2. The molecule has 1 N–H and O–H groups in total. The van der Waals surface area contributed by atoms with Crippen LogP contribution in [0.3, 0.4) is 0 Å². The van der Waals surface area contributed by atoms with Crippen LogP contribution in [0.4, 0.5) is 4.39 Å². The predicted molar refractivity (Wildman–Crippen MR) is 77.0 cm³/mol. The molecule has 0 aliphatic rings. The summed E-state index contributed by atoms with van der Waals surface area (Å²) in [5.41, 5.74) is 0.228. The largest absolute Gasteiger partial charge is 0.507 e. The molecule has 110 valence electrons. The average molecular weight is 289 g/mol. The van der Waals surface area contributed by atoms with Gasteiger partial charge in [-0.3, -0.25) is 4.79 Å². The number of benzene rings is 2. The molecule has 0 radical (unpaired) electrons. The van der Waals surface area contributed by atoms with Gasteiger partial charge in [0, 0.05) is 7.05 Å². The number of phenols is 1. The smallest absolute Gasteiger partial charge is 0.257 e. The second-order valence-electron chi connectivity index (χ2n) is 4.52. The van der Waals surface area contributed by atoms with Gasteiger partial charge >= 0.3 is 0 Å². The first-order valence-electron chi connectivity index (χ1n) is 6.50. The third kappa shape index (κ3) is 3.72. The van der Waals surface area contributed by atoms with Gasteiger partial charge in [-0.25, -0.2) is 4.39 Å². The van der Waals surface area contributed by atoms with Gasteiger partial charge in [0.25, 0.3) is 5.91 Å². The number of carbonyl (C=O) groups is 1. The molecule has 0 heterocycles. The SMILES string of the molecule is CN(CCOc1ccccc1F)C(=O)c1ccccc1O. The number of likely N-dealkylation sites (N-methyl/N-ethyl adjacent to an activating group) is 1. The highest BCUT2D eigenvalue weighted by Gasteiger charge is 2.15. The van der Waals surface area contributed by atoms with Crippen LogP contribution in [0.2, 0.25) is 0 Å². The maximum Gasteiger partial charge on any atom is 0.257 e. The second-order valence-corrected chi connectivity index (χ2v) is 4.52. The standard InChI is InChI=1S/C16H16FNO3/c1-18(16(20)12-6-2-4-8-14(12)19)10-11-21-15-9-5-3-7-13(15)17/h2-9,19H,10-11H2,1H3. The van der Waals surface area contributed by atoms with Gasteiger partial charge in [0.1, 0.15) is 12.4 Å². The molecular formula is C16H16FNO3. The van der Waals surface area contributed by atoms with Crippen LogP contribution >= 0.6 is 0 Å². The number of amides is 1. The van der Waals surface area contributed by atoms with Crippen LogP contribution in [-0.4, -0.2) is 36.1 Å². The number of rotatable bonds is 5. The van der Waals surface area contributed by atoms with E-state index in [4.69, 9.17) is 4.74 Å². The third-order valence-electron chi connectivity index (χ3n) is 3.00. The number of hydrogen-bond acceptors (Lipinski definition) is 3. The molecule has 0 bridgehead atoms. The van der Waals surface area contributed by atoms with E-state index < -0.39 is 5.82 Å². The molecule has 5 heteroatoms. The summed E-state index contributed by atoms with van der Waals surface area (Å²) in [5, 5.41) is 9.64. The maximum atomic E-state index is 13.4. The van der Waals surface area contributed by atoms with Crippen LogP contribution < -0.4 is 4.74 Å². The van der Waals surface area contributed by atoms with Crippen molar-refractivity contribution in [3.63, 3.8) is 0 Å². The van der Waals surface area contributed by atoms with Crippen LogP contribution in [0.5, 0.6) is 11.5 Å². The first-order valence-corrected chi connectivity index (χ1v) is 6.50. The highest BCUT2D eigenvalue weighted by Crippen LogP contribution is 2.18. The summed E-state index contributed by atoms with van der Waals surface area (Å²) in [6.07, 6.45) is 0. The van der Waals surface area contributed by atoms with E-state index in [2.05, 4.69) is 0 Å². The lowest BCUT2D eigenvalue weighted by Gasteiger charge is -2.18. The Morgan fingerprint density at radius 1 is 1.19 bits per heavy atom. The molecule has 0 saturated carbocycles. The number of halogens is 1. The number of hydrogen-bond donors (Lipinski definition) is 1. The molecule has 0 unspecified atom stereocenters. The third-order valence-corrected chi connectivity index (χ3v) is 3.00. The zero-order valence-corrected chi connectivity index (χ0v) is 11.6. The quantitative estimate of drug-likeness (QED) is 0.920. The van der Waals surface area contributed by atoms with Crippen molar-refractivity contribution >= 4 is 5.91 Å². The lowest BCUT2D eigenvalue weighted by molar-refractivity contribution is 0.0770. The van der Waals surface area contributed by atoms with E-state index in [0.717, 1.165) is 0 Å². The van der Waals surface area contributed by atoms with Crippen molar-refractivity contribution in [1.29, 1.82) is 0 Å². The number of phenolic OH excluding ortho intramolecular Hbond substituents is 1. The molecule has 4 nitrogen and oxygen atoms in total. The zero-order chi connectivity index (χ0) is 15.2. The van der Waals surface area contributed by atoms with E-state index in [1.807, 2.05) is 0 Å². The summed E-state index contributed by atoms with van der Waals surface area (Å²) in [6.45, 7) is 0.443. The Morgan fingerprint density at radius 3 is 2.57 bits per heavy atom. The first-order chi connectivity index (χ1) is 10.1. The van der Waals surface area contributed by atoms with Crippen LogP contribution in [0.25, 0.3) is 0 Å². The fraction of sp³-hybridized carbons (Fsp3) is 0.188. The number of aromatic hydroxyl groups is 1. The molecule has 1 amide bonds. The monoisotopic (exact) mass is 289 g/mol. The summed E-state index contributed by atoms with van der Waals surface area (Å²) in [4.78, 5) is 13.5.